The number of carboxylic acid groups (broad SMARTS) is 1. The van der Waals surface area contributed by atoms with Crippen LogP contribution in [-0.2, 0) is 4.79 Å². The van der Waals surface area contributed by atoms with Crippen LogP contribution in [0.2, 0.25) is 0 Å². The Balaban J connectivity index is 2.83. The van der Waals surface area contributed by atoms with Crippen molar-refractivity contribution in [2.24, 2.45) is 0 Å². The van der Waals surface area contributed by atoms with Crippen molar-refractivity contribution in [1.82, 2.24) is 0 Å². The minimum Gasteiger partial charge on any atom is -0.478 e. The number of hydrogen-bond acceptors (Lipinski definition) is 2. The predicted octanol–water partition coefficient (Wildman–Crippen LogP) is 4.46. The molecule has 2 nitrogen and oxygen atoms in total. The molecule has 0 aromatic heterocycles. The van der Waals surface area contributed by atoms with Crippen LogP contribution in [0.4, 0.5) is 0 Å². The summed E-state index contributed by atoms with van der Waals surface area (Å²) in [6.45, 7) is 4.22. The molecule has 0 aliphatic rings. The average Bonchev–Trinajstić information content (AvgIpc) is 2.36. The summed E-state index contributed by atoms with van der Waals surface area (Å²) in [5, 5.41) is 8.86. The Labute approximate surface area is 113 Å². The minimum atomic E-state index is -0.872. The van der Waals surface area contributed by atoms with Crippen LogP contribution in [0.15, 0.2) is 35.2 Å². The van der Waals surface area contributed by atoms with Gasteiger partial charge in [-0.3, -0.25) is 0 Å². The van der Waals surface area contributed by atoms with Gasteiger partial charge in [0.2, 0.25) is 0 Å². The summed E-state index contributed by atoms with van der Waals surface area (Å²) in [7, 11) is 0. The summed E-state index contributed by atoms with van der Waals surface area (Å²) in [6.07, 6.45) is 4.23. The van der Waals surface area contributed by atoms with Crippen LogP contribution in [-0.4, -0.2) is 16.8 Å². The Morgan fingerprint density at radius 1 is 1.22 bits per heavy atom. The first kappa shape index (κ1) is 14.8. The zero-order valence-corrected chi connectivity index (χ0v) is 11.8. The van der Waals surface area contributed by atoms with E-state index in [0.717, 1.165) is 36.2 Å². The summed E-state index contributed by atoms with van der Waals surface area (Å²) in [5.41, 5.74) is 1.91. The Kier molecular flexibility index (Phi) is 6.58. The highest BCUT2D eigenvalue weighted by molar-refractivity contribution is 7.99. The van der Waals surface area contributed by atoms with Crippen molar-refractivity contribution in [3.8, 4) is 0 Å². The van der Waals surface area contributed by atoms with E-state index >= 15 is 0 Å². The molecule has 1 aromatic rings. The number of benzene rings is 1. The van der Waals surface area contributed by atoms with Crippen LogP contribution in [0.3, 0.4) is 0 Å². The van der Waals surface area contributed by atoms with Crippen LogP contribution >= 0.6 is 11.8 Å². The van der Waals surface area contributed by atoms with Gasteiger partial charge in [0, 0.05) is 11.0 Å². The normalized spacial score (nSPS) is 11.6. The number of hydrogen-bond donors (Lipinski definition) is 1. The number of carbonyl (C=O) groups is 1. The van der Waals surface area contributed by atoms with Crippen molar-refractivity contribution in [2.75, 3.05) is 5.75 Å². The highest BCUT2D eigenvalue weighted by Gasteiger charge is 2.03. The lowest BCUT2D eigenvalue weighted by molar-refractivity contribution is -0.131. The third kappa shape index (κ3) is 4.96. The maximum Gasteiger partial charge on any atom is 0.328 e. The standard InChI is InChI=1S/C15H20O2S/c1-3-5-13(11-15(16)17)12-6-8-14(9-7-12)18-10-4-2/h6-9,11H,3-5,10H2,1-2H3,(H,16,17)/b13-11+. The summed E-state index contributed by atoms with van der Waals surface area (Å²) in [5.74, 6) is 0.245. The van der Waals surface area contributed by atoms with E-state index in [1.165, 1.54) is 11.0 Å². The minimum absolute atomic E-state index is 0.799. The van der Waals surface area contributed by atoms with Gasteiger partial charge in [-0.15, -0.1) is 11.8 Å². The molecule has 0 aliphatic carbocycles. The maximum atomic E-state index is 10.8. The van der Waals surface area contributed by atoms with Crippen molar-refractivity contribution in [3.63, 3.8) is 0 Å². The highest BCUT2D eigenvalue weighted by atomic mass is 32.2. The van der Waals surface area contributed by atoms with Gasteiger partial charge >= 0.3 is 5.97 Å². The number of carboxylic acids is 1. The molecule has 0 spiro atoms. The van der Waals surface area contributed by atoms with Crippen molar-refractivity contribution in [1.29, 1.82) is 0 Å². The van der Waals surface area contributed by atoms with Crippen LogP contribution in [0.5, 0.6) is 0 Å². The predicted molar refractivity (Wildman–Crippen MR) is 78.0 cm³/mol. The van der Waals surface area contributed by atoms with Gasteiger partial charge in [-0.05, 0) is 41.9 Å². The second-order valence-corrected chi connectivity index (χ2v) is 5.30. The van der Waals surface area contributed by atoms with Gasteiger partial charge < -0.3 is 5.11 Å². The molecule has 0 bridgehead atoms. The molecule has 0 saturated heterocycles. The summed E-state index contributed by atoms with van der Waals surface area (Å²) in [4.78, 5) is 12.0. The van der Waals surface area contributed by atoms with Crippen LogP contribution in [0, 0.1) is 0 Å². The lowest BCUT2D eigenvalue weighted by atomic mass is 10.0. The fourth-order valence-electron chi connectivity index (χ4n) is 1.70. The first-order valence-corrected chi connectivity index (χ1v) is 7.32. The number of allylic oxidation sites excluding steroid dienone is 1. The van der Waals surface area contributed by atoms with Gasteiger partial charge in [0.25, 0.3) is 0 Å². The Morgan fingerprint density at radius 2 is 1.89 bits per heavy atom. The molecule has 0 fully saturated rings. The lowest BCUT2D eigenvalue weighted by Gasteiger charge is -2.07. The van der Waals surface area contributed by atoms with E-state index in [1.54, 1.807) is 0 Å². The van der Waals surface area contributed by atoms with E-state index in [2.05, 4.69) is 26.0 Å². The fourth-order valence-corrected chi connectivity index (χ4v) is 2.47. The summed E-state index contributed by atoms with van der Waals surface area (Å²) in [6, 6.07) is 8.17. The molecule has 0 amide bonds. The SMILES string of the molecule is CCCSc1ccc(/C(=C/C(=O)O)CCC)cc1. The molecule has 0 saturated carbocycles. The second kappa shape index (κ2) is 7.98. The topological polar surface area (TPSA) is 37.3 Å². The zero-order valence-electron chi connectivity index (χ0n) is 11.0. The monoisotopic (exact) mass is 264 g/mol. The van der Waals surface area contributed by atoms with Gasteiger partial charge in [-0.1, -0.05) is 32.4 Å². The molecule has 1 N–H and O–H groups in total. The highest BCUT2D eigenvalue weighted by Crippen LogP contribution is 2.24. The molecular formula is C15H20O2S. The second-order valence-electron chi connectivity index (χ2n) is 4.13. The molecule has 3 heteroatoms. The van der Waals surface area contributed by atoms with E-state index < -0.39 is 5.97 Å². The zero-order chi connectivity index (χ0) is 13.4. The first-order chi connectivity index (χ1) is 8.67. The Hall–Kier alpha value is -1.22. The smallest absolute Gasteiger partial charge is 0.328 e. The van der Waals surface area contributed by atoms with Crippen molar-refractivity contribution >= 4 is 23.3 Å². The van der Waals surface area contributed by atoms with E-state index in [-0.39, 0.29) is 0 Å². The molecule has 1 aromatic carbocycles. The van der Waals surface area contributed by atoms with Gasteiger partial charge in [0.15, 0.2) is 0 Å². The van der Waals surface area contributed by atoms with Crippen molar-refractivity contribution in [2.45, 2.75) is 38.0 Å². The molecule has 0 unspecified atom stereocenters. The Morgan fingerprint density at radius 3 is 2.39 bits per heavy atom. The van der Waals surface area contributed by atoms with Gasteiger partial charge in [-0.2, -0.15) is 0 Å². The van der Waals surface area contributed by atoms with Gasteiger partial charge in [0.1, 0.15) is 0 Å². The third-order valence-corrected chi connectivity index (χ3v) is 3.73. The summed E-state index contributed by atoms with van der Waals surface area (Å²) >= 11 is 1.83. The molecule has 18 heavy (non-hydrogen) atoms. The number of rotatable bonds is 7. The lowest BCUT2D eigenvalue weighted by Crippen LogP contribution is -1.93. The van der Waals surface area contributed by atoms with Crippen molar-refractivity contribution < 1.29 is 9.90 Å². The number of aliphatic carboxylic acids is 1. The molecule has 0 radical (unpaired) electrons. The fraction of sp³-hybridized carbons (Fsp3) is 0.400. The van der Waals surface area contributed by atoms with Crippen molar-refractivity contribution in [3.05, 3.63) is 35.9 Å². The van der Waals surface area contributed by atoms with E-state index in [0.29, 0.717) is 0 Å². The quantitative estimate of drug-likeness (QED) is 0.583. The van der Waals surface area contributed by atoms with E-state index in [4.69, 9.17) is 5.11 Å². The number of thioether (sulfide) groups is 1. The molecule has 0 atom stereocenters. The van der Waals surface area contributed by atoms with E-state index in [9.17, 15) is 4.79 Å². The van der Waals surface area contributed by atoms with Crippen LogP contribution in [0.1, 0.15) is 38.7 Å². The first-order valence-electron chi connectivity index (χ1n) is 6.34. The molecule has 98 valence electrons. The molecule has 1 rings (SSSR count). The van der Waals surface area contributed by atoms with Crippen LogP contribution < -0.4 is 0 Å². The van der Waals surface area contributed by atoms with Gasteiger partial charge in [0.05, 0.1) is 0 Å². The molecular weight excluding hydrogens is 244 g/mol. The molecule has 0 heterocycles. The third-order valence-electron chi connectivity index (χ3n) is 2.52. The summed E-state index contributed by atoms with van der Waals surface area (Å²) < 4.78 is 0. The van der Waals surface area contributed by atoms with Gasteiger partial charge in [-0.25, -0.2) is 4.79 Å². The van der Waals surface area contributed by atoms with Crippen LogP contribution in [0.25, 0.3) is 5.57 Å². The largest absolute Gasteiger partial charge is 0.478 e. The van der Waals surface area contributed by atoms with E-state index in [1.807, 2.05) is 23.9 Å². The molecule has 0 aliphatic heterocycles. The Bertz CT molecular complexity index is 407. The average molecular weight is 264 g/mol. The maximum absolute atomic E-state index is 10.8.